The van der Waals surface area contributed by atoms with Crippen LogP contribution in [0.3, 0.4) is 0 Å². The quantitative estimate of drug-likeness (QED) is 0.633. The molecule has 28 heavy (non-hydrogen) atoms. The number of anilines is 2. The third kappa shape index (κ3) is 4.46. The van der Waals surface area contributed by atoms with Crippen molar-refractivity contribution in [2.24, 2.45) is 0 Å². The van der Waals surface area contributed by atoms with Gasteiger partial charge in [-0.3, -0.25) is 9.52 Å². The van der Waals surface area contributed by atoms with E-state index < -0.39 is 21.7 Å². The average Bonchev–Trinajstić information content (AvgIpc) is 3.01. The second-order valence-electron chi connectivity index (χ2n) is 5.68. The number of ether oxygens (including phenoxy) is 1. The van der Waals surface area contributed by atoms with Gasteiger partial charge >= 0.3 is 0 Å². The SMILES string of the molecule is COc1cccc(NC(=O)c2sc(NS(=O)(=O)c3ccc(F)cc3)nc2C)c1. The van der Waals surface area contributed by atoms with E-state index in [-0.39, 0.29) is 14.9 Å². The standard InChI is InChI=1S/C18H16FN3O4S2/c1-11-16(17(23)21-13-4-3-5-14(10-13)26-2)27-18(20-11)22-28(24,25)15-8-6-12(19)7-9-15/h3-10H,1-2H3,(H,20,22)(H,21,23). The Morgan fingerprint density at radius 2 is 1.89 bits per heavy atom. The molecule has 0 aliphatic carbocycles. The molecule has 7 nitrogen and oxygen atoms in total. The monoisotopic (exact) mass is 421 g/mol. The molecule has 0 radical (unpaired) electrons. The molecule has 0 spiro atoms. The first-order valence-electron chi connectivity index (χ1n) is 8.00. The average molecular weight is 421 g/mol. The number of hydrogen-bond acceptors (Lipinski definition) is 6. The summed E-state index contributed by atoms with van der Waals surface area (Å²) in [5, 5.41) is 2.76. The number of hydrogen-bond donors (Lipinski definition) is 2. The Kier molecular flexibility index (Phi) is 5.61. The fourth-order valence-electron chi connectivity index (χ4n) is 2.33. The zero-order valence-corrected chi connectivity index (χ0v) is 16.5. The van der Waals surface area contributed by atoms with Crippen LogP contribution in [0.25, 0.3) is 0 Å². The molecule has 0 aliphatic heterocycles. The van der Waals surface area contributed by atoms with Gasteiger partial charge in [-0.15, -0.1) is 0 Å². The summed E-state index contributed by atoms with van der Waals surface area (Å²) in [7, 11) is -2.42. The molecule has 2 N–H and O–H groups in total. The lowest BCUT2D eigenvalue weighted by atomic mass is 10.3. The van der Waals surface area contributed by atoms with Crippen LogP contribution in [0.2, 0.25) is 0 Å². The minimum atomic E-state index is -3.94. The molecule has 3 rings (SSSR count). The van der Waals surface area contributed by atoms with Crippen LogP contribution in [0.5, 0.6) is 5.75 Å². The van der Waals surface area contributed by atoms with Crippen molar-refractivity contribution in [3.63, 3.8) is 0 Å². The third-order valence-electron chi connectivity index (χ3n) is 3.68. The van der Waals surface area contributed by atoms with Crippen LogP contribution in [0.1, 0.15) is 15.4 Å². The van der Waals surface area contributed by atoms with Crippen LogP contribution in [0, 0.1) is 12.7 Å². The molecular formula is C18H16FN3O4S2. The molecule has 0 unspecified atom stereocenters. The van der Waals surface area contributed by atoms with Crippen molar-refractivity contribution >= 4 is 38.1 Å². The van der Waals surface area contributed by atoms with Gasteiger partial charge in [0.05, 0.1) is 17.7 Å². The molecule has 3 aromatic rings. The smallest absolute Gasteiger partial charge is 0.267 e. The number of carbonyl (C=O) groups excluding carboxylic acids is 1. The highest BCUT2D eigenvalue weighted by Crippen LogP contribution is 2.26. The minimum Gasteiger partial charge on any atom is -0.497 e. The highest BCUT2D eigenvalue weighted by molar-refractivity contribution is 7.93. The van der Waals surface area contributed by atoms with Gasteiger partial charge in [-0.25, -0.2) is 17.8 Å². The van der Waals surface area contributed by atoms with E-state index in [0.29, 0.717) is 17.1 Å². The molecule has 2 aromatic carbocycles. The van der Waals surface area contributed by atoms with E-state index >= 15 is 0 Å². The number of carbonyl (C=O) groups is 1. The number of halogens is 1. The highest BCUT2D eigenvalue weighted by atomic mass is 32.2. The first kappa shape index (κ1) is 19.8. The van der Waals surface area contributed by atoms with E-state index in [2.05, 4.69) is 15.0 Å². The number of rotatable bonds is 6. The van der Waals surface area contributed by atoms with Gasteiger partial charge in [-0.1, -0.05) is 17.4 Å². The van der Waals surface area contributed by atoms with Gasteiger partial charge in [0.2, 0.25) is 0 Å². The predicted molar refractivity (Wildman–Crippen MR) is 105 cm³/mol. The van der Waals surface area contributed by atoms with Gasteiger partial charge in [0.1, 0.15) is 16.4 Å². The Morgan fingerprint density at radius 3 is 2.57 bits per heavy atom. The van der Waals surface area contributed by atoms with Crippen LogP contribution >= 0.6 is 11.3 Å². The second kappa shape index (κ2) is 7.95. The number of benzene rings is 2. The van der Waals surface area contributed by atoms with E-state index in [1.165, 1.54) is 7.11 Å². The molecule has 0 saturated heterocycles. The minimum absolute atomic E-state index is 0.0395. The summed E-state index contributed by atoms with van der Waals surface area (Å²) in [5.74, 6) is -0.373. The van der Waals surface area contributed by atoms with Crippen LogP contribution in [-0.4, -0.2) is 26.4 Å². The van der Waals surface area contributed by atoms with E-state index in [4.69, 9.17) is 4.74 Å². The lowest BCUT2D eigenvalue weighted by molar-refractivity contribution is 0.103. The molecule has 0 atom stereocenters. The highest BCUT2D eigenvalue weighted by Gasteiger charge is 2.20. The number of thiazole rings is 1. The Hall–Kier alpha value is -2.98. The number of aryl methyl sites for hydroxylation is 1. The third-order valence-corrected chi connectivity index (χ3v) is 6.23. The van der Waals surface area contributed by atoms with E-state index in [1.54, 1.807) is 31.2 Å². The van der Waals surface area contributed by atoms with Crippen molar-refractivity contribution in [2.45, 2.75) is 11.8 Å². The Bertz CT molecular complexity index is 1110. The fourth-order valence-corrected chi connectivity index (χ4v) is 4.42. The molecule has 1 aromatic heterocycles. The van der Waals surface area contributed by atoms with Crippen molar-refractivity contribution in [2.75, 3.05) is 17.1 Å². The molecule has 10 heteroatoms. The molecule has 1 heterocycles. The molecule has 0 saturated carbocycles. The van der Waals surface area contributed by atoms with Crippen molar-refractivity contribution in [3.8, 4) is 5.75 Å². The van der Waals surface area contributed by atoms with Gasteiger partial charge in [-0.2, -0.15) is 0 Å². The first-order valence-corrected chi connectivity index (χ1v) is 10.3. The summed E-state index contributed by atoms with van der Waals surface area (Å²) in [6.45, 7) is 1.60. The summed E-state index contributed by atoms with van der Waals surface area (Å²) in [5.41, 5.74) is 0.910. The van der Waals surface area contributed by atoms with E-state index in [0.717, 1.165) is 35.6 Å². The van der Waals surface area contributed by atoms with E-state index in [9.17, 15) is 17.6 Å². The lowest BCUT2D eigenvalue weighted by Gasteiger charge is -2.06. The van der Waals surface area contributed by atoms with Crippen LogP contribution in [0.15, 0.2) is 53.4 Å². The van der Waals surface area contributed by atoms with Crippen LogP contribution in [0.4, 0.5) is 15.2 Å². The lowest BCUT2D eigenvalue weighted by Crippen LogP contribution is -2.12. The zero-order chi connectivity index (χ0) is 20.3. The largest absolute Gasteiger partial charge is 0.497 e. The van der Waals surface area contributed by atoms with Crippen LogP contribution < -0.4 is 14.8 Å². The van der Waals surface area contributed by atoms with Gasteiger partial charge in [0, 0.05) is 11.8 Å². The van der Waals surface area contributed by atoms with Gasteiger partial charge in [0.15, 0.2) is 5.13 Å². The molecule has 1 amide bonds. The number of nitrogens with one attached hydrogen (secondary N) is 2. The molecular weight excluding hydrogens is 405 g/mol. The Labute approximate surface area is 165 Å². The van der Waals surface area contributed by atoms with Crippen LogP contribution in [-0.2, 0) is 10.0 Å². The topological polar surface area (TPSA) is 97.4 Å². The zero-order valence-electron chi connectivity index (χ0n) is 14.9. The fraction of sp³-hybridized carbons (Fsp3) is 0.111. The normalized spacial score (nSPS) is 11.1. The van der Waals surface area contributed by atoms with Gasteiger partial charge in [0.25, 0.3) is 15.9 Å². The second-order valence-corrected chi connectivity index (χ2v) is 8.36. The van der Waals surface area contributed by atoms with Gasteiger partial charge in [-0.05, 0) is 43.3 Å². The maximum atomic E-state index is 13.0. The Morgan fingerprint density at radius 1 is 1.18 bits per heavy atom. The maximum absolute atomic E-state index is 13.0. The van der Waals surface area contributed by atoms with Crippen molar-refractivity contribution < 1.29 is 22.3 Å². The van der Waals surface area contributed by atoms with Crippen molar-refractivity contribution in [3.05, 3.63) is 64.9 Å². The van der Waals surface area contributed by atoms with E-state index in [1.807, 2.05) is 0 Å². The molecule has 146 valence electrons. The molecule has 0 fully saturated rings. The number of sulfonamides is 1. The number of nitrogens with zero attached hydrogens (tertiary/aromatic N) is 1. The summed E-state index contributed by atoms with van der Waals surface area (Å²) in [6.07, 6.45) is 0. The summed E-state index contributed by atoms with van der Waals surface area (Å²) < 4.78 is 45.2. The Balaban J connectivity index is 1.78. The number of methoxy groups -OCH3 is 1. The molecule has 0 bridgehead atoms. The predicted octanol–water partition coefficient (Wildman–Crippen LogP) is 3.65. The van der Waals surface area contributed by atoms with Gasteiger partial charge < -0.3 is 10.1 Å². The molecule has 0 aliphatic rings. The summed E-state index contributed by atoms with van der Waals surface area (Å²) in [6, 6.07) is 11.2. The number of amides is 1. The number of aromatic nitrogens is 1. The summed E-state index contributed by atoms with van der Waals surface area (Å²) >= 11 is 0.903. The first-order chi connectivity index (χ1) is 13.3. The van der Waals surface area contributed by atoms with Crippen molar-refractivity contribution in [1.29, 1.82) is 0 Å². The summed E-state index contributed by atoms with van der Waals surface area (Å²) in [4.78, 5) is 16.8. The maximum Gasteiger partial charge on any atom is 0.267 e. The van der Waals surface area contributed by atoms with Crippen molar-refractivity contribution in [1.82, 2.24) is 4.98 Å².